The van der Waals surface area contributed by atoms with Crippen molar-refractivity contribution < 1.29 is 14.6 Å². The third kappa shape index (κ3) is 2.69. The molecule has 0 aromatic heterocycles. The SMILES string of the molecule is COc1ccc(-c2ccc([C@H]3[C@H](CO)N4C(=O)CNC[C@@H]34)cc2)cc1. The Kier molecular flexibility index (Phi) is 4.19. The number of carbonyl (C=O) groups excluding carboxylic acids is 1. The molecule has 2 heterocycles. The molecule has 2 aliphatic rings. The summed E-state index contributed by atoms with van der Waals surface area (Å²) in [6, 6.07) is 16.5. The van der Waals surface area contributed by atoms with Crippen LogP contribution >= 0.6 is 0 Å². The second-order valence-electron chi connectivity index (χ2n) is 6.63. The topological polar surface area (TPSA) is 61.8 Å². The number of benzene rings is 2. The van der Waals surface area contributed by atoms with Crippen LogP contribution in [0, 0.1) is 0 Å². The number of hydrogen-bond donors (Lipinski definition) is 2. The van der Waals surface area contributed by atoms with Crippen LogP contribution in [0.4, 0.5) is 0 Å². The number of carbonyl (C=O) groups is 1. The van der Waals surface area contributed by atoms with Crippen LogP contribution in [0.3, 0.4) is 0 Å². The first-order valence-corrected chi connectivity index (χ1v) is 8.60. The van der Waals surface area contributed by atoms with Crippen LogP contribution in [-0.4, -0.2) is 54.8 Å². The maximum atomic E-state index is 12.0. The third-order valence-corrected chi connectivity index (χ3v) is 5.37. The van der Waals surface area contributed by atoms with Crippen molar-refractivity contribution in [2.24, 2.45) is 0 Å². The van der Waals surface area contributed by atoms with Crippen molar-refractivity contribution in [3.63, 3.8) is 0 Å². The fraction of sp³-hybridized carbons (Fsp3) is 0.350. The van der Waals surface area contributed by atoms with Gasteiger partial charge in [-0.1, -0.05) is 36.4 Å². The second-order valence-corrected chi connectivity index (χ2v) is 6.63. The van der Waals surface area contributed by atoms with Crippen LogP contribution in [0.2, 0.25) is 0 Å². The Balaban J connectivity index is 1.56. The van der Waals surface area contributed by atoms with Crippen LogP contribution in [-0.2, 0) is 4.79 Å². The van der Waals surface area contributed by atoms with Gasteiger partial charge >= 0.3 is 0 Å². The van der Waals surface area contributed by atoms with Gasteiger partial charge in [0.25, 0.3) is 0 Å². The number of aliphatic hydroxyl groups is 1. The molecule has 4 rings (SSSR count). The maximum Gasteiger partial charge on any atom is 0.237 e. The lowest BCUT2D eigenvalue weighted by atomic mass is 9.74. The van der Waals surface area contributed by atoms with Gasteiger partial charge < -0.3 is 20.1 Å². The van der Waals surface area contributed by atoms with Crippen LogP contribution in [0.1, 0.15) is 11.5 Å². The molecule has 130 valence electrons. The van der Waals surface area contributed by atoms with Crippen molar-refractivity contribution in [1.29, 1.82) is 0 Å². The van der Waals surface area contributed by atoms with Crippen molar-refractivity contribution in [2.75, 3.05) is 26.8 Å². The van der Waals surface area contributed by atoms with Crippen molar-refractivity contribution in [2.45, 2.75) is 18.0 Å². The number of rotatable bonds is 4. The molecule has 3 atom stereocenters. The Morgan fingerprint density at radius 3 is 2.36 bits per heavy atom. The number of fused-ring (bicyclic) bond motifs is 1. The van der Waals surface area contributed by atoms with E-state index >= 15 is 0 Å². The average Bonchev–Trinajstić information content (AvgIpc) is 2.64. The lowest BCUT2D eigenvalue weighted by molar-refractivity contribution is -0.153. The molecule has 2 aliphatic heterocycles. The molecule has 0 aliphatic carbocycles. The number of amides is 1. The number of nitrogens with zero attached hydrogens (tertiary/aromatic N) is 1. The smallest absolute Gasteiger partial charge is 0.237 e. The van der Waals surface area contributed by atoms with Gasteiger partial charge in [-0.25, -0.2) is 0 Å². The quantitative estimate of drug-likeness (QED) is 0.889. The van der Waals surface area contributed by atoms with Gasteiger partial charge in [-0.2, -0.15) is 0 Å². The minimum atomic E-state index is -0.105. The van der Waals surface area contributed by atoms with E-state index in [1.165, 1.54) is 5.56 Å². The number of aliphatic hydroxyl groups excluding tert-OH is 1. The summed E-state index contributed by atoms with van der Waals surface area (Å²) in [5.74, 6) is 1.11. The van der Waals surface area contributed by atoms with E-state index in [1.54, 1.807) is 7.11 Å². The van der Waals surface area contributed by atoms with Gasteiger partial charge in [0.15, 0.2) is 0 Å². The highest BCUT2D eigenvalue weighted by Crippen LogP contribution is 2.41. The molecule has 2 saturated heterocycles. The summed E-state index contributed by atoms with van der Waals surface area (Å²) in [6.45, 7) is 1.16. The summed E-state index contributed by atoms with van der Waals surface area (Å²) in [5.41, 5.74) is 3.45. The summed E-state index contributed by atoms with van der Waals surface area (Å²) >= 11 is 0. The van der Waals surface area contributed by atoms with Gasteiger partial charge in [-0.15, -0.1) is 0 Å². The third-order valence-electron chi connectivity index (χ3n) is 5.37. The summed E-state index contributed by atoms with van der Waals surface area (Å²) in [4.78, 5) is 13.9. The first-order chi connectivity index (χ1) is 12.2. The van der Waals surface area contributed by atoms with Gasteiger partial charge in [-0.05, 0) is 28.8 Å². The highest BCUT2D eigenvalue weighted by molar-refractivity contribution is 5.81. The van der Waals surface area contributed by atoms with E-state index in [0.717, 1.165) is 23.4 Å². The molecule has 5 heteroatoms. The highest BCUT2D eigenvalue weighted by Gasteiger charge is 2.52. The molecule has 1 amide bonds. The van der Waals surface area contributed by atoms with Crippen molar-refractivity contribution in [3.8, 4) is 16.9 Å². The van der Waals surface area contributed by atoms with Gasteiger partial charge in [-0.3, -0.25) is 4.79 Å². The largest absolute Gasteiger partial charge is 0.497 e. The standard InChI is InChI=1S/C20H22N2O3/c1-25-16-8-6-14(7-9-16)13-2-4-15(5-3-13)20-17-10-21-11-19(24)22(17)18(20)12-23/h2-9,17-18,20-21,23H,10-12H2,1H3/t17-,18-,20+/m0/s1. The monoisotopic (exact) mass is 338 g/mol. The molecule has 0 radical (unpaired) electrons. The zero-order chi connectivity index (χ0) is 17.4. The number of methoxy groups -OCH3 is 1. The molecule has 0 unspecified atom stereocenters. The first-order valence-electron chi connectivity index (χ1n) is 8.60. The van der Waals surface area contributed by atoms with E-state index in [0.29, 0.717) is 6.54 Å². The Morgan fingerprint density at radius 2 is 1.76 bits per heavy atom. The Bertz CT molecular complexity index is 752. The number of hydrogen-bond acceptors (Lipinski definition) is 4. The molecule has 0 saturated carbocycles. The summed E-state index contributed by atoms with van der Waals surface area (Å²) in [7, 11) is 1.66. The van der Waals surface area contributed by atoms with Gasteiger partial charge in [0.1, 0.15) is 5.75 Å². The fourth-order valence-electron chi connectivity index (χ4n) is 4.09. The van der Waals surface area contributed by atoms with Crippen molar-refractivity contribution >= 4 is 5.91 Å². The van der Waals surface area contributed by atoms with Gasteiger partial charge in [0, 0.05) is 12.5 Å². The van der Waals surface area contributed by atoms with Crippen molar-refractivity contribution in [1.82, 2.24) is 10.2 Å². The summed E-state index contributed by atoms with van der Waals surface area (Å²) < 4.78 is 5.20. The molecule has 5 nitrogen and oxygen atoms in total. The van der Waals surface area contributed by atoms with E-state index in [1.807, 2.05) is 29.2 Å². The molecule has 2 aromatic rings. The van der Waals surface area contributed by atoms with E-state index in [9.17, 15) is 9.90 Å². The molecule has 0 spiro atoms. The lowest BCUT2D eigenvalue weighted by Crippen LogP contribution is -2.72. The fourth-order valence-corrected chi connectivity index (χ4v) is 4.09. The normalized spacial score (nSPS) is 25.3. The van der Waals surface area contributed by atoms with Gasteiger partial charge in [0.05, 0.1) is 32.3 Å². The minimum Gasteiger partial charge on any atom is -0.497 e. The Morgan fingerprint density at radius 1 is 1.12 bits per heavy atom. The zero-order valence-electron chi connectivity index (χ0n) is 14.2. The molecule has 0 bridgehead atoms. The van der Waals surface area contributed by atoms with E-state index in [-0.39, 0.29) is 30.5 Å². The van der Waals surface area contributed by atoms with Crippen LogP contribution in [0.5, 0.6) is 5.75 Å². The Labute approximate surface area is 147 Å². The molecule has 25 heavy (non-hydrogen) atoms. The highest BCUT2D eigenvalue weighted by atomic mass is 16.5. The molecular weight excluding hydrogens is 316 g/mol. The van der Waals surface area contributed by atoms with E-state index in [2.05, 4.69) is 29.6 Å². The predicted octanol–water partition coefficient (Wildman–Crippen LogP) is 1.62. The van der Waals surface area contributed by atoms with Crippen molar-refractivity contribution in [3.05, 3.63) is 54.1 Å². The lowest BCUT2D eigenvalue weighted by Gasteiger charge is -2.57. The average molecular weight is 338 g/mol. The number of nitrogens with one attached hydrogen (secondary N) is 1. The van der Waals surface area contributed by atoms with Crippen LogP contribution in [0.15, 0.2) is 48.5 Å². The van der Waals surface area contributed by atoms with Crippen LogP contribution in [0.25, 0.3) is 11.1 Å². The molecule has 2 N–H and O–H groups in total. The second kappa shape index (κ2) is 6.50. The van der Waals surface area contributed by atoms with E-state index < -0.39 is 0 Å². The molecule has 2 aromatic carbocycles. The maximum absolute atomic E-state index is 12.0. The first kappa shape index (κ1) is 16.1. The summed E-state index contributed by atoms with van der Waals surface area (Å²) in [6.07, 6.45) is 0. The number of piperazine rings is 1. The molecular formula is C20H22N2O3. The zero-order valence-corrected chi connectivity index (χ0v) is 14.2. The predicted molar refractivity (Wildman–Crippen MR) is 95.5 cm³/mol. The summed E-state index contributed by atoms with van der Waals surface area (Å²) in [5, 5.41) is 12.9. The Hall–Kier alpha value is -2.37. The van der Waals surface area contributed by atoms with Gasteiger partial charge in [0.2, 0.25) is 5.91 Å². The minimum absolute atomic E-state index is 0.00708. The number of ether oxygens (including phenoxy) is 1. The van der Waals surface area contributed by atoms with Crippen LogP contribution < -0.4 is 10.1 Å². The molecule has 2 fully saturated rings. The van der Waals surface area contributed by atoms with E-state index in [4.69, 9.17) is 4.74 Å².